The Labute approximate surface area is 150 Å². The molecule has 0 atom stereocenters. The third kappa shape index (κ3) is 4.18. The van der Waals surface area contributed by atoms with Crippen LogP contribution in [0.15, 0.2) is 59.4 Å². The number of aromatic nitrogens is 3. The summed E-state index contributed by atoms with van der Waals surface area (Å²) in [6.45, 7) is 2.77. The van der Waals surface area contributed by atoms with Crippen LogP contribution in [-0.2, 0) is 0 Å². The first-order valence-electron chi connectivity index (χ1n) is 8.46. The lowest BCUT2D eigenvalue weighted by Gasteiger charge is -2.07. The molecule has 0 spiro atoms. The van der Waals surface area contributed by atoms with Gasteiger partial charge in [0.05, 0.1) is 12.3 Å². The molecule has 0 radical (unpaired) electrons. The van der Waals surface area contributed by atoms with Crippen molar-refractivity contribution in [1.29, 1.82) is 0 Å². The third-order valence-corrected chi connectivity index (χ3v) is 3.71. The Morgan fingerprint density at radius 1 is 1.15 bits per heavy atom. The van der Waals surface area contributed by atoms with Crippen molar-refractivity contribution in [3.8, 4) is 11.4 Å². The van der Waals surface area contributed by atoms with Gasteiger partial charge in [0.15, 0.2) is 0 Å². The highest BCUT2D eigenvalue weighted by atomic mass is 16.5. The average Bonchev–Trinajstić information content (AvgIpc) is 3.06. The highest BCUT2D eigenvalue weighted by Gasteiger charge is 2.14. The second-order valence-electron chi connectivity index (χ2n) is 5.71. The molecule has 0 fully saturated rings. The van der Waals surface area contributed by atoms with Crippen LogP contribution in [0.1, 0.15) is 30.4 Å². The molecule has 0 aliphatic heterocycles. The number of carbonyl (C=O) groups excluding carboxylic acids is 1. The number of amides is 1. The van der Waals surface area contributed by atoms with Gasteiger partial charge in [-0.05, 0) is 42.8 Å². The maximum absolute atomic E-state index is 12.3. The Bertz CT molecular complexity index is 914. The van der Waals surface area contributed by atoms with E-state index in [9.17, 15) is 9.59 Å². The molecule has 0 aliphatic rings. The van der Waals surface area contributed by atoms with E-state index in [2.05, 4.69) is 22.3 Å². The van der Waals surface area contributed by atoms with Crippen LogP contribution >= 0.6 is 0 Å². The van der Waals surface area contributed by atoms with Crippen LogP contribution in [0.3, 0.4) is 0 Å². The van der Waals surface area contributed by atoms with E-state index in [0.29, 0.717) is 18.0 Å². The predicted molar refractivity (Wildman–Crippen MR) is 99.0 cm³/mol. The third-order valence-electron chi connectivity index (χ3n) is 3.71. The zero-order valence-electron chi connectivity index (χ0n) is 14.4. The average molecular weight is 352 g/mol. The SMILES string of the molecule is CCCCOc1ccc(NC(=O)c2nn(-c3ccccc3)c(=O)[nH]2)cc1. The Morgan fingerprint density at radius 3 is 2.58 bits per heavy atom. The molecule has 0 aliphatic carbocycles. The van der Waals surface area contributed by atoms with Gasteiger partial charge in [0.2, 0.25) is 5.82 Å². The summed E-state index contributed by atoms with van der Waals surface area (Å²) in [5.41, 5.74) is 0.704. The number of rotatable bonds is 7. The summed E-state index contributed by atoms with van der Waals surface area (Å²) in [5.74, 6) is 0.205. The summed E-state index contributed by atoms with van der Waals surface area (Å²) in [5, 5.41) is 6.76. The van der Waals surface area contributed by atoms with Gasteiger partial charge < -0.3 is 10.1 Å². The topological polar surface area (TPSA) is 89.0 Å². The Morgan fingerprint density at radius 2 is 1.88 bits per heavy atom. The molecular formula is C19H20N4O3. The van der Waals surface area contributed by atoms with Crippen molar-refractivity contribution in [2.45, 2.75) is 19.8 Å². The molecule has 2 N–H and O–H groups in total. The van der Waals surface area contributed by atoms with Crippen molar-refractivity contribution in [3.63, 3.8) is 0 Å². The second kappa shape index (κ2) is 8.15. The number of ether oxygens (including phenoxy) is 1. The van der Waals surface area contributed by atoms with Gasteiger partial charge in [-0.2, -0.15) is 4.68 Å². The summed E-state index contributed by atoms with van der Waals surface area (Å²) in [6, 6.07) is 16.0. The maximum Gasteiger partial charge on any atom is 0.348 e. The second-order valence-corrected chi connectivity index (χ2v) is 5.71. The zero-order chi connectivity index (χ0) is 18.4. The fourth-order valence-corrected chi connectivity index (χ4v) is 2.33. The van der Waals surface area contributed by atoms with Crippen molar-refractivity contribution in [2.75, 3.05) is 11.9 Å². The van der Waals surface area contributed by atoms with E-state index < -0.39 is 11.6 Å². The normalized spacial score (nSPS) is 10.5. The number of hydrogen-bond acceptors (Lipinski definition) is 4. The van der Waals surface area contributed by atoms with E-state index >= 15 is 0 Å². The van der Waals surface area contributed by atoms with Crippen molar-refractivity contribution < 1.29 is 9.53 Å². The largest absolute Gasteiger partial charge is 0.494 e. The molecule has 0 saturated carbocycles. The van der Waals surface area contributed by atoms with Gasteiger partial charge in [-0.1, -0.05) is 31.5 Å². The highest BCUT2D eigenvalue weighted by molar-refractivity contribution is 6.01. The van der Waals surface area contributed by atoms with Crippen LogP contribution in [0.25, 0.3) is 5.69 Å². The first-order chi connectivity index (χ1) is 12.7. The van der Waals surface area contributed by atoms with E-state index in [1.54, 1.807) is 48.5 Å². The van der Waals surface area contributed by atoms with E-state index in [4.69, 9.17) is 4.74 Å². The lowest BCUT2D eigenvalue weighted by molar-refractivity contribution is 0.101. The quantitative estimate of drug-likeness (QED) is 0.640. The highest BCUT2D eigenvalue weighted by Crippen LogP contribution is 2.16. The van der Waals surface area contributed by atoms with Crippen LogP contribution in [0, 0.1) is 0 Å². The van der Waals surface area contributed by atoms with Crippen LogP contribution in [-0.4, -0.2) is 27.3 Å². The monoisotopic (exact) mass is 352 g/mol. The molecule has 3 rings (SSSR count). The number of nitrogens with one attached hydrogen (secondary N) is 2. The van der Waals surface area contributed by atoms with E-state index in [1.165, 1.54) is 0 Å². The summed E-state index contributed by atoms with van der Waals surface area (Å²) in [7, 11) is 0. The van der Waals surface area contributed by atoms with Crippen molar-refractivity contribution in [2.24, 2.45) is 0 Å². The molecule has 1 amide bonds. The fourth-order valence-electron chi connectivity index (χ4n) is 2.33. The van der Waals surface area contributed by atoms with Gasteiger partial charge in [-0.25, -0.2) is 4.79 Å². The minimum absolute atomic E-state index is 0.0536. The molecule has 1 heterocycles. The molecule has 7 nitrogen and oxygen atoms in total. The molecule has 2 aromatic carbocycles. The van der Waals surface area contributed by atoms with Gasteiger partial charge in [-0.15, -0.1) is 5.10 Å². The molecule has 0 unspecified atom stereocenters. The van der Waals surface area contributed by atoms with E-state index in [0.717, 1.165) is 23.3 Å². The number of unbranched alkanes of at least 4 members (excludes halogenated alkanes) is 1. The molecule has 3 aromatic rings. The first-order valence-corrected chi connectivity index (χ1v) is 8.46. The van der Waals surface area contributed by atoms with Crippen LogP contribution in [0.5, 0.6) is 5.75 Å². The Hall–Kier alpha value is -3.35. The van der Waals surface area contributed by atoms with Gasteiger partial charge in [0.25, 0.3) is 5.91 Å². The fraction of sp³-hybridized carbons (Fsp3) is 0.211. The van der Waals surface area contributed by atoms with E-state index in [1.807, 2.05) is 6.07 Å². The zero-order valence-corrected chi connectivity index (χ0v) is 14.4. The molecule has 134 valence electrons. The van der Waals surface area contributed by atoms with Gasteiger partial charge in [0.1, 0.15) is 5.75 Å². The molecule has 26 heavy (non-hydrogen) atoms. The number of carbonyl (C=O) groups is 1. The van der Waals surface area contributed by atoms with Crippen LogP contribution < -0.4 is 15.7 Å². The smallest absolute Gasteiger partial charge is 0.348 e. The standard InChI is InChI=1S/C19H20N4O3/c1-2-3-13-26-16-11-9-14(10-12-16)20-18(24)17-21-19(25)23(22-17)15-7-5-4-6-8-15/h4-12H,2-3,13H2,1H3,(H,20,24)(H,21,22,25). The number of benzene rings is 2. The summed E-state index contributed by atoms with van der Waals surface area (Å²) in [4.78, 5) is 26.8. The van der Waals surface area contributed by atoms with Gasteiger partial charge >= 0.3 is 5.69 Å². The minimum atomic E-state index is -0.489. The lowest BCUT2D eigenvalue weighted by atomic mass is 10.3. The Balaban J connectivity index is 1.68. The molecule has 0 saturated heterocycles. The van der Waals surface area contributed by atoms with Crippen molar-refractivity contribution in [3.05, 3.63) is 70.9 Å². The summed E-state index contributed by atoms with van der Waals surface area (Å²) in [6.07, 6.45) is 2.07. The van der Waals surface area contributed by atoms with Crippen molar-refractivity contribution in [1.82, 2.24) is 14.8 Å². The van der Waals surface area contributed by atoms with Crippen molar-refractivity contribution >= 4 is 11.6 Å². The first kappa shape index (κ1) is 17.5. The lowest BCUT2D eigenvalue weighted by Crippen LogP contribution is -2.15. The van der Waals surface area contributed by atoms with Gasteiger partial charge in [-0.3, -0.25) is 9.78 Å². The minimum Gasteiger partial charge on any atom is -0.494 e. The molecular weight excluding hydrogens is 332 g/mol. The van der Waals surface area contributed by atoms with Crippen LogP contribution in [0.4, 0.5) is 5.69 Å². The number of aromatic amines is 1. The number of anilines is 1. The van der Waals surface area contributed by atoms with Gasteiger partial charge in [0, 0.05) is 5.69 Å². The Kier molecular flexibility index (Phi) is 5.48. The summed E-state index contributed by atoms with van der Waals surface area (Å²) < 4.78 is 6.74. The predicted octanol–water partition coefficient (Wildman–Crippen LogP) is 2.99. The van der Waals surface area contributed by atoms with E-state index in [-0.39, 0.29) is 5.82 Å². The molecule has 1 aromatic heterocycles. The number of nitrogens with zero attached hydrogens (tertiary/aromatic N) is 2. The summed E-state index contributed by atoms with van der Waals surface area (Å²) >= 11 is 0. The number of para-hydroxylation sites is 1. The molecule has 0 bridgehead atoms. The maximum atomic E-state index is 12.3. The number of H-pyrrole nitrogens is 1. The molecule has 7 heteroatoms. The number of hydrogen-bond donors (Lipinski definition) is 2. The van der Waals surface area contributed by atoms with Crippen LogP contribution in [0.2, 0.25) is 0 Å².